The number of carboxylic acids is 1. The van der Waals surface area contributed by atoms with Crippen LogP contribution in [0.3, 0.4) is 0 Å². The Balaban J connectivity index is 2.85. The van der Waals surface area contributed by atoms with Gasteiger partial charge in [0.25, 0.3) is 0 Å². The second kappa shape index (κ2) is 7.61. The minimum absolute atomic E-state index is 0.409. The SMILES string of the molecule is COC(=O)CN(CC(=O)OC)C(=O)[C@@H]1CCC[C@@H]1C(=O)O. The topological polar surface area (TPSA) is 110 Å². The Labute approximate surface area is 122 Å². The number of ether oxygens (including phenoxy) is 2. The maximum atomic E-state index is 12.4. The minimum atomic E-state index is -1.04. The van der Waals surface area contributed by atoms with E-state index >= 15 is 0 Å². The summed E-state index contributed by atoms with van der Waals surface area (Å²) in [5.41, 5.74) is 0. The molecule has 1 aliphatic rings. The molecule has 118 valence electrons. The summed E-state index contributed by atoms with van der Waals surface area (Å²) in [7, 11) is 2.33. The first kappa shape index (κ1) is 16.9. The van der Waals surface area contributed by atoms with Gasteiger partial charge in [0.05, 0.1) is 26.1 Å². The summed E-state index contributed by atoms with van der Waals surface area (Å²) in [6.07, 6.45) is 1.46. The zero-order valence-corrected chi connectivity index (χ0v) is 12.0. The molecule has 0 heterocycles. The number of esters is 2. The van der Waals surface area contributed by atoms with Crippen LogP contribution in [-0.4, -0.2) is 61.1 Å². The molecule has 0 aromatic carbocycles. The van der Waals surface area contributed by atoms with Crippen LogP contribution in [0.1, 0.15) is 19.3 Å². The molecule has 8 nitrogen and oxygen atoms in total. The number of amides is 1. The van der Waals surface area contributed by atoms with Crippen molar-refractivity contribution < 1.29 is 33.8 Å². The first-order chi connectivity index (χ1) is 9.90. The number of rotatable bonds is 6. The van der Waals surface area contributed by atoms with Crippen LogP contribution >= 0.6 is 0 Å². The summed E-state index contributed by atoms with van der Waals surface area (Å²) in [5.74, 6) is -4.45. The zero-order valence-electron chi connectivity index (χ0n) is 12.0. The molecular formula is C13H19NO7. The molecule has 0 radical (unpaired) electrons. The third kappa shape index (κ3) is 4.44. The fraction of sp³-hybridized carbons (Fsp3) is 0.692. The van der Waals surface area contributed by atoms with Crippen LogP contribution < -0.4 is 0 Å². The lowest BCUT2D eigenvalue weighted by Gasteiger charge is -2.25. The lowest BCUT2D eigenvalue weighted by atomic mass is 9.94. The molecule has 2 atom stereocenters. The van der Waals surface area contributed by atoms with Gasteiger partial charge in [-0.05, 0) is 12.8 Å². The summed E-state index contributed by atoms with van der Waals surface area (Å²) in [6.45, 7) is -0.819. The zero-order chi connectivity index (χ0) is 16.0. The monoisotopic (exact) mass is 301 g/mol. The van der Waals surface area contributed by atoms with Crippen molar-refractivity contribution in [3.05, 3.63) is 0 Å². The van der Waals surface area contributed by atoms with E-state index in [1.54, 1.807) is 0 Å². The maximum absolute atomic E-state index is 12.4. The van der Waals surface area contributed by atoms with E-state index in [0.717, 1.165) is 4.90 Å². The molecule has 1 fully saturated rings. The second-order valence-corrected chi connectivity index (χ2v) is 4.83. The van der Waals surface area contributed by atoms with Crippen molar-refractivity contribution in [2.75, 3.05) is 27.3 Å². The Morgan fingerprint density at radius 3 is 1.90 bits per heavy atom. The lowest BCUT2D eigenvalue weighted by Crippen LogP contribution is -2.45. The van der Waals surface area contributed by atoms with Crippen molar-refractivity contribution in [3.63, 3.8) is 0 Å². The number of carbonyl (C=O) groups excluding carboxylic acids is 3. The summed E-state index contributed by atoms with van der Waals surface area (Å²) in [4.78, 5) is 47.2. The summed E-state index contributed by atoms with van der Waals surface area (Å²) in [6, 6.07) is 0. The van der Waals surface area contributed by atoms with Gasteiger partial charge in [0.15, 0.2) is 0 Å². The van der Waals surface area contributed by atoms with Gasteiger partial charge in [0.2, 0.25) is 5.91 Å². The van der Waals surface area contributed by atoms with E-state index in [2.05, 4.69) is 9.47 Å². The van der Waals surface area contributed by atoms with Crippen molar-refractivity contribution in [3.8, 4) is 0 Å². The van der Waals surface area contributed by atoms with Crippen LogP contribution in [0.4, 0.5) is 0 Å². The van der Waals surface area contributed by atoms with Gasteiger partial charge in [0, 0.05) is 0 Å². The molecular weight excluding hydrogens is 282 g/mol. The Morgan fingerprint density at radius 2 is 1.48 bits per heavy atom. The van der Waals surface area contributed by atoms with E-state index in [-0.39, 0.29) is 0 Å². The van der Waals surface area contributed by atoms with Crippen molar-refractivity contribution in [1.82, 2.24) is 4.90 Å². The van der Waals surface area contributed by atoms with Crippen LogP contribution in [-0.2, 0) is 28.7 Å². The third-order valence-corrected chi connectivity index (χ3v) is 3.56. The normalized spacial score (nSPS) is 20.7. The highest BCUT2D eigenvalue weighted by molar-refractivity contribution is 5.90. The molecule has 8 heteroatoms. The molecule has 0 aromatic heterocycles. The summed E-state index contributed by atoms with van der Waals surface area (Å²) >= 11 is 0. The highest BCUT2D eigenvalue weighted by Crippen LogP contribution is 2.33. The molecule has 0 bridgehead atoms. The molecule has 1 amide bonds. The van der Waals surface area contributed by atoms with E-state index in [9.17, 15) is 19.2 Å². The molecule has 0 aromatic rings. The minimum Gasteiger partial charge on any atom is -0.481 e. The predicted octanol–water partition coefficient (Wildman–Crippen LogP) is -0.338. The molecule has 1 rings (SSSR count). The van der Waals surface area contributed by atoms with Gasteiger partial charge in [-0.2, -0.15) is 0 Å². The highest BCUT2D eigenvalue weighted by atomic mass is 16.5. The van der Waals surface area contributed by atoms with Gasteiger partial charge < -0.3 is 19.5 Å². The Bertz CT molecular complexity index is 416. The number of carboxylic acid groups (broad SMARTS) is 1. The third-order valence-electron chi connectivity index (χ3n) is 3.56. The maximum Gasteiger partial charge on any atom is 0.325 e. The van der Waals surface area contributed by atoms with Crippen LogP contribution in [0.25, 0.3) is 0 Å². The largest absolute Gasteiger partial charge is 0.481 e. The molecule has 0 aliphatic heterocycles. The van der Waals surface area contributed by atoms with Crippen molar-refractivity contribution >= 4 is 23.8 Å². The first-order valence-electron chi connectivity index (χ1n) is 6.56. The Kier molecular flexibility index (Phi) is 6.13. The molecule has 21 heavy (non-hydrogen) atoms. The van der Waals surface area contributed by atoms with E-state index in [1.165, 1.54) is 14.2 Å². The summed E-state index contributed by atoms with van der Waals surface area (Å²) < 4.78 is 8.96. The van der Waals surface area contributed by atoms with Gasteiger partial charge in [-0.3, -0.25) is 19.2 Å². The number of aliphatic carboxylic acids is 1. The fourth-order valence-corrected chi connectivity index (χ4v) is 2.44. The van der Waals surface area contributed by atoms with Crippen LogP contribution in [0.15, 0.2) is 0 Å². The fourth-order valence-electron chi connectivity index (χ4n) is 2.44. The van der Waals surface area contributed by atoms with Gasteiger partial charge in [-0.1, -0.05) is 6.42 Å². The number of methoxy groups -OCH3 is 2. The molecule has 0 unspecified atom stereocenters. The molecule has 0 saturated heterocycles. The van der Waals surface area contributed by atoms with Gasteiger partial charge >= 0.3 is 17.9 Å². The van der Waals surface area contributed by atoms with Gasteiger partial charge in [-0.15, -0.1) is 0 Å². The van der Waals surface area contributed by atoms with E-state index in [4.69, 9.17) is 5.11 Å². The van der Waals surface area contributed by atoms with Crippen LogP contribution in [0.5, 0.6) is 0 Å². The Hall–Kier alpha value is -2.12. The van der Waals surface area contributed by atoms with Gasteiger partial charge in [0.1, 0.15) is 13.1 Å². The molecule has 1 saturated carbocycles. The number of nitrogens with zero attached hydrogens (tertiary/aromatic N) is 1. The van der Waals surface area contributed by atoms with E-state index in [0.29, 0.717) is 19.3 Å². The summed E-state index contributed by atoms with van der Waals surface area (Å²) in [5, 5.41) is 9.12. The molecule has 0 spiro atoms. The van der Waals surface area contributed by atoms with Crippen molar-refractivity contribution in [2.45, 2.75) is 19.3 Å². The van der Waals surface area contributed by atoms with E-state index < -0.39 is 48.7 Å². The second-order valence-electron chi connectivity index (χ2n) is 4.83. The average molecular weight is 301 g/mol. The number of carbonyl (C=O) groups is 4. The predicted molar refractivity (Wildman–Crippen MR) is 69.1 cm³/mol. The smallest absolute Gasteiger partial charge is 0.325 e. The number of hydrogen-bond acceptors (Lipinski definition) is 6. The lowest BCUT2D eigenvalue weighted by molar-refractivity contribution is -0.156. The van der Waals surface area contributed by atoms with Crippen molar-refractivity contribution in [1.29, 1.82) is 0 Å². The standard InChI is InChI=1S/C13H19NO7/c1-20-10(15)6-14(7-11(16)21-2)12(17)8-4-3-5-9(8)13(18)19/h8-9H,3-7H2,1-2H3,(H,18,19)/t8-,9+/m1/s1. The highest BCUT2D eigenvalue weighted by Gasteiger charge is 2.40. The van der Waals surface area contributed by atoms with Crippen LogP contribution in [0.2, 0.25) is 0 Å². The Morgan fingerprint density at radius 1 is 1.00 bits per heavy atom. The van der Waals surface area contributed by atoms with Crippen LogP contribution in [0, 0.1) is 11.8 Å². The number of hydrogen-bond donors (Lipinski definition) is 1. The quantitative estimate of drug-likeness (QED) is 0.668. The van der Waals surface area contributed by atoms with E-state index in [1.807, 2.05) is 0 Å². The first-order valence-corrected chi connectivity index (χ1v) is 6.56. The molecule has 1 N–H and O–H groups in total. The molecule has 1 aliphatic carbocycles. The van der Waals surface area contributed by atoms with Gasteiger partial charge in [-0.25, -0.2) is 0 Å². The van der Waals surface area contributed by atoms with Crippen molar-refractivity contribution in [2.24, 2.45) is 11.8 Å². The average Bonchev–Trinajstić information content (AvgIpc) is 2.94.